The molecule has 0 rings (SSSR count). The van der Waals surface area contributed by atoms with Crippen molar-refractivity contribution in [3.8, 4) is 0 Å². The smallest absolute Gasteiger partial charge is 0.262 e. The zero-order valence-electron chi connectivity index (χ0n) is 8.32. The number of hydrogen-bond donors (Lipinski definition) is 4. The number of carbonyl (C=O) groups excluding carboxylic acids is 2. The largest absolute Gasteiger partial charge is 0.283 e. The van der Waals surface area contributed by atoms with Gasteiger partial charge in [-0.25, -0.2) is 5.84 Å². The van der Waals surface area contributed by atoms with E-state index >= 15 is 0 Å². The van der Waals surface area contributed by atoms with E-state index in [1.54, 1.807) is 12.2 Å². The number of nitrogens with one attached hydrogen (secondary N) is 3. The molecular weight excluding hydrogens is 200 g/mol. The minimum atomic E-state index is -0.423. The molecular formula is C8H14N4O3. The molecule has 7 heteroatoms. The summed E-state index contributed by atoms with van der Waals surface area (Å²) in [7, 11) is 0. The Morgan fingerprint density at radius 1 is 1.33 bits per heavy atom. The molecule has 0 bridgehead atoms. The van der Waals surface area contributed by atoms with E-state index < -0.39 is 5.91 Å². The minimum Gasteiger partial charge on any atom is -0.283 e. The monoisotopic (exact) mass is 214 g/mol. The predicted octanol–water partition coefficient (Wildman–Crippen LogP) is -1.34. The molecule has 7 nitrogen and oxygen atoms in total. The molecule has 0 aliphatic carbocycles. The van der Waals surface area contributed by atoms with Crippen LogP contribution in [0.3, 0.4) is 0 Å². The van der Waals surface area contributed by atoms with Crippen LogP contribution in [0.25, 0.3) is 0 Å². The van der Waals surface area contributed by atoms with E-state index in [4.69, 9.17) is 5.84 Å². The molecule has 0 atom stereocenters. The fourth-order valence-corrected chi connectivity index (χ4v) is 0.565. The Balaban J connectivity index is 3.62. The van der Waals surface area contributed by atoms with Gasteiger partial charge in [-0.3, -0.25) is 25.3 Å². The molecule has 0 saturated heterocycles. The summed E-state index contributed by atoms with van der Waals surface area (Å²) in [6.45, 7) is 1.58. The first-order valence-corrected chi connectivity index (χ1v) is 4.14. The first kappa shape index (κ1) is 13.3. The van der Waals surface area contributed by atoms with Crippen LogP contribution in [0.2, 0.25) is 0 Å². The van der Waals surface area contributed by atoms with Gasteiger partial charge < -0.3 is 0 Å². The fourth-order valence-electron chi connectivity index (χ4n) is 0.565. The van der Waals surface area contributed by atoms with Crippen LogP contribution >= 0.6 is 0 Å². The highest BCUT2D eigenvalue weighted by Crippen LogP contribution is 1.78. The van der Waals surface area contributed by atoms with Crippen LogP contribution in [0.1, 0.15) is 6.92 Å². The number of hydrazine groups is 2. The van der Waals surface area contributed by atoms with Crippen LogP contribution in [0.4, 0.5) is 0 Å². The lowest BCUT2D eigenvalue weighted by Gasteiger charge is -1.99. The average molecular weight is 214 g/mol. The third-order valence-corrected chi connectivity index (χ3v) is 1.12. The Bertz CT molecular complexity index is 263. The van der Waals surface area contributed by atoms with Gasteiger partial charge in [0.15, 0.2) is 0 Å². The SMILES string of the molecule is CC(=O)NNC(=O)/C=C/C=C/CONN. The van der Waals surface area contributed by atoms with Crippen molar-refractivity contribution in [2.75, 3.05) is 6.61 Å². The Morgan fingerprint density at radius 3 is 2.67 bits per heavy atom. The summed E-state index contributed by atoms with van der Waals surface area (Å²) in [6, 6.07) is 0. The summed E-state index contributed by atoms with van der Waals surface area (Å²) in [5.74, 6) is 4.07. The molecule has 5 N–H and O–H groups in total. The first-order valence-electron chi connectivity index (χ1n) is 4.14. The number of carbonyl (C=O) groups is 2. The second-order valence-electron chi connectivity index (χ2n) is 2.39. The number of hydrogen-bond acceptors (Lipinski definition) is 5. The zero-order valence-corrected chi connectivity index (χ0v) is 8.32. The third kappa shape index (κ3) is 10.2. The van der Waals surface area contributed by atoms with Gasteiger partial charge in [-0.1, -0.05) is 18.2 Å². The van der Waals surface area contributed by atoms with E-state index in [2.05, 4.69) is 15.7 Å². The summed E-state index contributed by atoms with van der Waals surface area (Å²) in [6.07, 6.45) is 5.99. The molecule has 0 aliphatic heterocycles. The molecule has 0 heterocycles. The zero-order chi connectivity index (χ0) is 11.5. The molecule has 0 aromatic carbocycles. The predicted molar refractivity (Wildman–Crippen MR) is 53.5 cm³/mol. The second-order valence-corrected chi connectivity index (χ2v) is 2.39. The number of rotatable bonds is 5. The molecule has 0 aromatic rings. The van der Waals surface area contributed by atoms with Crippen molar-refractivity contribution in [2.45, 2.75) is 6.92 Å². The van der Waals surface area contributed by atoms with E-state index in [0.29, 0.717) is 0 Å². The standard InChI is InChI=1S/C8H14N4O3/c1-7(13)10-11-8(14)5-3-2-4-6-15-12-9/h2-5,12H,6,9H2,1H3,(H,10,13)(H,11,14)/b4-2+,5-3+. The number of allylic oxidation sites excluding steroid dienone is 2. The molecule has 15 heavy (non-hydrogen) atoms. The van der Waals surface area contributed by atoms with Crippen molar-refractivity contribution < 1.29 is 14.4 Å². The molecule has 84 valence electrons. The van der Waals surface area contributed by atoms with E-state index in [-0.39, 0.29) is 12.5 Å². The average Bonchev–Trinajstić information content (AvgIpc) is 2.20. The van der Waals surface area contributed by atoms with Gasteiger partial charge in [0.2, 0.25) is 5.91 Å². The molecule has 0 saturated carbocycles. The van der Waals surface area contributed by atoms with E-state index in [0.717, 1.165) is 0 Å². The van der Waals surface area contributed by atoms with Gasteiger partial charge in [0.05, 0.1) is 6.61 Å². The van der Waals surface area contributed by atoms with Crippen molar-refractivity contribution in [1.82, 2.24) is 16.4 Å². The van der Waals surface area contributed by atoms with Gasteiger partial charge in [-0.15, -0.1) is 5.59 Å². The van der Waals surface area contributed by atoms with Crippen LogP contribution in [0.15, 0.2) is 24.3 Å². The van der Waals surface area contributed by atoms with Crippen molar-refractivity contribution >= 4 is 11.8 Å². The molecule has 0 fully saturated rings. The van der Waals surface area contributed by atoms with Crippen LogP contribution in [-0.2, 0) is 14.4 Å². The van der Waals surface area contributed by atoms with E-state index in [9.17, 15) is 9.59 Å². The van der Waals surface area contributed by atoms with Crippen LogP contribution in [0, 0.1) is 0 Å². The normalized spacial score (nSPS) is 10.8. The van der Waals surface area contributed by atoms with Gasteiger partial charge in [0.25, 0.3) is 5.91 Å². The van der Waals surface area contributed by atoms with Crippen LogP contribution in [0.5, 0.6) is 0 Å². The summed E-state index contributed by atoms with van der Waals surface area (Å²) >= 11 is 0. The highest BCUT2D eigenvalue weighted by Gasteiger charge is 1.93. The lowest BCUT2D eigenvalue weighted by Crippen LogP contribution is -2.39. The van der Waals surface area contributed by atoms with Gasteiger partial charge in [-0.05, 0) is 0 Å². The van der Waals surface area contributed by atoms with Crippen molar-refractivity contribution in [2.24, 2.45) is 5.84 Å². The summed E-state index contributed by atoms with van der Waals surface area (Å²) in [5.41, 5.74) is 6.30. The lowest BCUT2D eigenvalue weighted by atomic mass is 10.4. The Hall–Kier alpha value is -1.70. The molecule has 0 aromatic heterocycles. The van der Waals surface area contributed by atoms with E-state index in [1.165, 1.54) is 19.1 Å². The maximum atomic E-state index is 10.9. The first-order chi connectivity index (χ1) is 7.16. The molecule has 2 amide bonds. The molecule has 0 radical (unpaired) electrons. The molecule has 0 unspecified atom stereocenters. The Labute approximate surface area is 87.2 Å². The highest BCUT2D eigenvalue weighted by atomic mass is 16.7. The topological polar surface area (TPSA) is 105 Å². The molecule has 0 spiro atoms. The molecule has 0 aliphatic rings. The Morgan fingerprint density at radius 2 is 2.07 bits per heavy atom. The second kappa shape index (κ2) is 8.88. The summed E-state index contributed by atoms with van der Waals surface area (Å²) < 4.78 is 0. The van der Waals surface area contributed by atoms with Crippen LogP contribution < -0.4 is 22.3 Å². The van der Waals surface area contributed by atoms with Gasteiger partial charge in [0.1, 0.15) is 0 Å². The van der Waals surface area contributed by atoms with Crippen molar-refractivity contribution in [3.63, 3.8) is 0 Å². The van der Waals surface area contributed by atoms with Crippen molar-refractivity contribution in [3.05, 3.63) is 24.3 Å². The van der Waals surface area contributed by atoms with Crippen LogP contribution in [-0.4, -0.2) is 18.4 Å². The third-order valence-electron chi connectivity index (χ3n) is 1.12. The number of nitrogens with two attached hydrogens (primary N) is 1. The van der Waals surface area contributed by atoms with Gasteiger partial charge in [-0.2, -0.15) is 0 Å². The van der Waals surface area contributed by atoms with Crippen molar-refractivity contribution in [1.29, 1.82) is 0 Å². The summed E-state index contributed by atoms with van der Waals surface area (Å²) in [5, 5.41) is 0. The Kier molecular flexibility index (Phi) is 7.87. The number of amides is 2. The minimum absolute atomic E-state index is 0.286. The quantitative estimate of drug-likeness (QED) is 0.149. The fraction of sp³-hybridized carbons (Fsp3) is 0.250. The lowest BCUT2D eigenvalue weighted by molar-refractivity contribution is -0.125. The van der Waals surface area contributed by atoms with Gasteiger partial charge >= 0.3 is 0 Å². The maximum absolute atomic E-state index is 10.9. The van der Waals surface area contributed by atoms with Gasteiger partial charge in [0, 0.05) is 13.0 Å². The highest BCUT2D eigenvalue weighted by molar-refractivity contribution is 5.89. The maximum Gasteiger partial charge on any atom is 0.262 e. The van der Waals surface area contributed by atoms with E-state index in [1.807, 2.05) is 5.59 Å². The summed E-state index contributed by atoms with van der Waals surface area (Å²) in [4.78, 5) is 25.9.